The van der Waals surface area contributed by atoms with Crippen LogP contribution in [0.2, 0.25) is 0 Å². The van der Waals surface area contributed by atoms with Crippen LogP contribution < -0.4 is 31.8 Å². The van der Waals surface area contributed by atoms with Crippen LogP contribution >= 0.6 is 0 Å². The van der Waals surface area contributed by atoms with Gasteiger partial charge in [-0.25, -0.2) is 4.79 Å². The molecule has 13 rings (SSSR count). The highest BCUT2D eigenvalue weighted by molar-refractivity contribution is 5.93. The number of likely N-dealkylation sites (N-methyl/N-ethyl adjacent to an activating group) is 1. The molecule has 0 radical (unpaired) electrons. The van der Waals surface area contributed by atoms with Gasteiger partial charge in [-0.15, -0.1) is 0 Å². The maximum Gasteiger partial charge on any atom is 0.337 e. The van der Waals surface area contributed by atoms with Crippen LogP contribution in [0, 0.1) is 35.5 Å². The molecule has 85 heavy (non-hydrogen) atoms. The van der Waals surface area contributed by atoms with Crippen molar-refractivity contribution >= 4 is 16.9 Å². The number of aryl methyl sites for hydroxylation is 1. The molecule has 0 amide bonds. The number of dihydropyridines is 2. The van der Waals surface area contributed by atoms with Crippen molar-refractivity contribution in [3.05, 3.63) is 156 Å². The molecule has 0 spiro atoms. The quantitative estimate of drug-likeness (QED) is 0.0497. The Hall–Kier alpha value is -6.40. The van der Waals surface area contributed by atoms with Crippen molar-refractivity contribution in [2.45, 2.75) is 178 Å². The van der Waals surface area contributed by atoms with Crippen LogP contribution in [0.1, 0.15) is 173 Å². The number of allylic oxidation sites excluding steroid dienone is 5. The summed E-state index contributed by atoms with van der Waals surface area (Å²) in [5.41, 5.74) is 13.0. The lowest BCUT2D eigenvalue weighted by Gasteiger charge is -2.52. The Bertz CT molecular complexity index is 3580. The van der Waals surface area contributed by atoms with Crippen LogP contribution in [0.25, 0.3) is 11.0 Å². The molecule has 1 aromatic heterocycles. The number of aliphatic hydroxyl groups excluding tert-OH is 4. The lowest BCUT2D eigenvalue weighted by Crippen LogP contribution is -2.59. The zero-order chi connectivity index (χ0) is 59.5. The molecule has 6 bridgehead atoms. The molecule has 15 atom stereocenters. The molecule has 16 heteroatoms. The van der Waals surface area contributed by atoms with E-state index in [2.05, 4.69) is 61.1 Å². The second-order valence-electron chi connectivity index (χ2n) is 26.8. The van der Waals surface area contributed by atoms with Gasteiger partial charge in [-0.3, -0.25) is 10.1 Å². The number of carbonyl (C=O) groups excluding carboxylic acids is 1. The van der Waals surface area contributed by atoms with Crippen LogP contribution in [0.5, 0.6) is 17.2 Å². The Morgan fingerprint density at radius 2 is 1.80 bits per heavy atom. The van der Waals surface area contributed by atoms with E-state index in [1.807, 2.05) is 25.1 Å². The van der Waals surface area contributed by atoms with Gasteiger partial charge in [0.1, 0.15) is 58.1 Å². The van der Waals surface area contributed by atoms with Crippen LogP contribution in [0.4, 0.5) is 0 Å². The fourth-order valence-corrected chi connectivity index (χ4v) is 18.1. The van der Waals surface area contributed by atoms with E-state index in [0.717, 1.165) is 51.6 Å². The van der Waals surface area contributed by atoms with Crippen molar-refractivity contribution in [3.8, 4) is 17.2 Å². The molecule has 4 aliphatic heterocycles. The summed E-state index contributed by atoms with van der Waals surface area (Å²) in [5, 5.41) is 94.1. The number of hydrogen-bond donors (Lipinski definition) is 11. The Morgan fingerprint density at radius 3 is 2.56 bits per heavy atom. The van der Waals surface area contributed by atoms with Crippen LogP contribution in [0.15, 0.2) is 110 Å². The number of phenolic OH excluding ortho intramolecular Hbond substituents is 2. The van der Waals surface area contributed by atoms with Crippen molar-refractivity contribution in [1.82, 2.24) is 16.0 Å². The third-order valence-electron chi connectivity index (χ3n) is 21.8. The molecule has 3 aromatic carbocycles. The predicted octanol–water partition coefficient (Wildman–Crippen LogP) is 8.41. The second-order valence-corrected chi connectivity index (χ2v) is 26.8. The zero-order valence-corrected chi connectivity index (χ0v) is 49.5. The number of nitrogens with two attached hydrogens (primary N) is 1. The number of aliphatic hydroxyl groups is 5. The van der Waals surface area contributed by atoms with Crippen LogP contribution in [0.3, 0.4) is 0 Å². The van der Waals surface area contributed by atoms with Gasteiger partial charge in [-0.05, 0) is 201 Å². The summed E-state index contributed by atoms with van der Waals surface area (Å²) in [4.78, 5) is 30.7. The summed E-state index contributed by atoms with van der Waals surface area (Å²) in [6.45, 7) is 10.0. The average molecular weight is 1160 g/mol. The van der Waals surface area contributed by atoms with Crippen molar-refractivity contribution in [2.75, 3.05) is 19.7 Å². The summed E-state index contributed by atoms with van der Waals surface area (Å²) in [6.07, 6.45) is 11.7. The molecule has 12 N–H and O–H groups in total. The molecule has 452 valence electrons. The van der Waals surface area contributed by atoms with Gasteiger partial charge < -0.3 is 66.0 Å². The summed E-state index contributed by atoms with van der Waals surface area (Å²) >= 11 is 0. The average Bonchev–Trinajstić information content (AvgIpc) is 1.65. The standard InChI is InChI=1S/C69H84N4O12/c1-6-52(69(82)29-38-22-40(69)21-36-20-37(23-42(77)19-33(3)4)62(79)48-10-8-9-44(38)57(36)48)67(81)84-55-28-50-63(80)60-54(78)27-43(31-74)83-65(60)61-58-47-17-18-72-66(70)59(47)46(16-12-34-11-14-41(76)26-49(34)51(58)32-75)45-15-13-35-25-56(71-7-2)73-30-39(35)24-53(45)68(55,5)85-64(50)61/h6,8-11,14,17,25-27,30,33,36-38,40,42,45-46,51,53,55-56,58,62,71-77,79-80,82H,7,12-13,15-16,18-24,28-29,31-32,70H2,1-5H3/b52-6+/t36-,37+,38+,40-,42-,45-,46+,51-,53+,55-,56?,58+,62+,68+,69+/m1/s1. The van der Waals surface area contributed by atoms with E-state index >= 15 is 4.79 Å². The van der Waals surface area contributed by atoms with Gasteiger partial charge in [0, 0.05) is 54.1 Å². The molecular weight excluding hydrogens is 1080 g/mol. The van der Waals surface area contributed by atoms with E-state index in [9.17, 15) is 40.5 Å². The van der Waals surface area contributed by atoms with Gasteiger partial charge in [0.05, 0.1) is 36.2 Å². The fraction of sp³-hybridized carbons (Fsp3) is 0.536. The largest absolute Gasteiger partial charge is 0.508 e. The van der Waals surface area contributed by atoms with Gasteiger partial charge in [-0.1, -0.05) is 57.2 Å². The monoisotopic (exact) mass is 1160 g/mol. The van der Waals surface area contributed by atoms with Crippen LogP contribution in [-0.2, 0) is 29.0 Å². The maximum absolute atomic E-state index is 16.0. The molecular formula is C69H84N4O12. The number of aromatic hydroxyl groups is 2. The zero-order valence-electron chi connectivity index (χ0n) is 49.5. The first-order valence-corrected chi connectivity index (χ1v) is 31.4. The number of rotatable bonds is 11. The molecule has 16 nitrogen and oxygen atoms in total. The predicted molar refractivity (Wildman–Crippen MR) is 321 cm³/mol. The molecule has 5 aliphatic carbocycles. The van der Waals surface area contributed by atoms with E-state index < -0.39 is 77.6 Å². The summed E-state index contributed by atoms with van der Waals surface area (Å²) in [5.74, 6) is -3.52. The van der Waals surface area contributed by atoms with Crippen molar-refractivity contribution in [1.29, 1.82) is 0 Å². The first-order valence-electron chi connectivity index (χ1n) is 31.4. The third kappa shape index (κ3) is 9.45. The first kappa shape index (κ1) is 57.7. The van der Waals surface area contributed by atoms with E-state index in [4.69, 9.17) is 19.6 Å². The van der Waals surface area contributed by atoms with E-state index in [0.29, 0.717) is 93.6 Å². The lowest BCUT2D eigenvalue weighted by atomic mass is 9.61. The highest BCUT2D eigenvalue weighted by Crippen LogP contribution is 2.63. The van der Waals surface area contributed by atoms with Crippen molar-refractivity contribution in [2.24, 2.45) is 41.2 Å². The van der Waals surface area contributed by atoms with Gasteiger partial charge in [-0.2, -0.15) is 0 Å². The number of ether oxygens (including phenoxy) is 2. The molecule has 0 saturated heterocycles. The molecule has 5 heterocycles. The third-order valence-corrected chi connectivity index (χ3v) is 21.8. The Kier molecular flexibility index (Phi) is 15.0. The van der Waals surface area contributed by atoms with Gasteiger partial charge in [0.2, 0.25) is 0 Å². The fourth-order valence-electron chi connectivity index (χ4n) is 18.1. The molecule has 2 saturated carbocycles. The van der Waals surface area contributed by atoms with Gasteiger partial charge in [0.15, 0.2) is 5.43 Å². The number of esters is 1. The Labute approximate surface area is 496 Å². The SMILES string of the molecule is C/C=C(\C(=O)O[C@@H]1Cc2c3c(c4oc(CO)cc(=O)c4c2O)[C@H]2C4=CCNC(N)=C4[C@@H](CCc4ccc(O)cc4[C@H]2CO)[C@H]2CCC4=CC(NCC)NC=C4C[C@@H]2[C@]1(C)O3)[C@]1(O)C[C@@H]2C[C@H]1C[C@H]1C[C@@H](C[C@H](O)CC(C)C)[C@H](O)c3cccc2c31. The molecule has 2 fully saturated rings. The smallest absolute Gasteiger partial charge is 0.337 e. The molecule has 1 unspecified atom stereocenters. The van der Waals surface area contributed by atoms with Crippen molar-refractivity contribution < 1.29 is 54.4 Å². The van der Waals surface area contributed by atoms with E-state index in [-0.39, 0.29) is 93.9 Å². The van der Waals surface area contributed by atoms with E-state index in [1.165, 1.54) is 5.57 Å². The topological polar surface area (TPSA) is 269 Å². The second kappa shape index (κ2) is 22.1. The lowest BCUT2D eigenvalue weighted by molar-refractivity contribution is -0.171. The van der Waals surface area contributed by atoms with Gasteiger partial charge in [0.25, 0.3) is 0 Å². The number of benzene rings is 3. The number of phenols is 2. The van der Waals surface area contributed by atoms with E-state index in [1.54, 1.807) is 25.1 Å². The summed E-state index contributed by atoms with van der Waals surface area (Å²) in [7, 11) is 0. The highest BCUT2D eigenvalue weighted by Gasteiger charge is 2.60. The van der Waals surface area contributed by atoms with Gasteiger partial charge >= 0.3 is 5.97 Å². The molecule has 9 aliphatic rings. The van der Waals surface area contributed by atoms with Crippen LogP contribution in [-0.4, -0.2) is 91.0 Å². The normalized spacial score (nSPS) is 33.0. The number of fused-ring (bicyclic) bond motifs is 12. The maximum atomic E-state index is 16.0. The number of nitrogens with one attached hydrogen (secondary N) is 3. The Morgan fingerprint density at radius 1 is 1.00 bits per heavy atom. The minimum Gasteiger partial charge on any atom is -0.508 e. The highest BCUT2D eigenvalue weighted by atomic mass is 16.6. The first-order chi connectivity index (χ1) is 40.9. The number of carbonyl (C=O) groups is 1. The minimum atomic E-state index is -1.62. The Balaban J connectivity index is 0.983. The number of hydrogen-bond acceptors (Lipinski definition) is 16. The minimum absolute atomic E-state index is 0.0136. The molecule has 4 aromatic rings. The summed E-state index contributed by atoms with van der Waals surface area (Å²) < 4.78 is 21.6. The summed E-state index contributed by atoms with van der Waals surface area (Å²) in [6, 6.07) is 12.6. The van der Waals surface area contributed by atoms with Crippen molar-refractivity contribution in [3.63, 3.8) is 0 Å².